The zero-order valence-corrected chi connectivity index (χ0v) is 12.3. The molecule has 1 aromatic rings. The van der Waals surface area contributed by atoms with Gasteiger partial charge >= 0.3 is 0 Å². The summed E-state index contributed by atoms with van der Waals surface area (Å²) in [7, 11) is 0. The van der Waals surface area contributed by atoms with E-state index in [-0.39, 0.29) is 5.91 Å². The van der Waals surface area contributed by atoms with Gasteiger partial charge < -0.3 is 15.1 Å². The minimum absolute atomic E-state index is 0.151. The first kappa shape index (κ1) is 14.7. The lowest BCUT2D eigenvalue weighted by Crippen LogP contribution is -2.46. The van der Waals surface area contributed by atoms with Crippen LogP contribution in [0.5, 0.6) is 0 Å². The fourth-order valence-corrected chi connectivity index (χ4v) is 2.24. The highest BCUT2D eigenvalue weighted by Gasteiger charge is 2.17. The third-order valence-electron chi connectivity index (χ3n) is 3.56. The van der Waals surface area contributed by atoms with Crippen molar-refractivity contribution in [1.82, 2.24) is 20.4 Å². The minimum Gasteiger partial charge on any atom is -0.353 e. The van der Waals surface area contributed by atoms with Crippen molar-refractivity contribution < 1.29 is 4.79 Å². The largest absolute Gasteiger partial charge is 0.353 e. The van der Waals surface area contributed by atoms with Crippen LogP contribution in [-0.2, 0) is 0 Å². The number of piperazine rings is 1. The monoisotopic (exact) mass is 277 g/mol. The average molecular weight is 277 g/mol. The topological polar surface area (TPSA) is 61.4 Å². The van der Waals surface area contributed by atoms with Crippen LogP contribution in [0, 0.1) is 0 Å². The van der Waals surface area contributed by atoms with E-state index in [0.717, 1.165) is 45.0 Å². The number of nitrogens with zero attached hydrogens (tertiary/aromatic N) is 4. The smallest absolute Gasteiger partial charge is 0.271 e. The van der Waals surface area contributed by atoms with Gasteiger partial charge in [-0.3, -0.25) is 4.79 Å². The first-order valence-corrected chi connectivity index (χ1v) is 7.33. The van der Waals surface area contributed by atoms with E-state index in [0.29, 0.717) is 12.2 Å². The molecule has 2 rings (SSSR count). The van der Waals surface area contributed by atoms with Crippen molar-refractivity contribution in [1.29, 1.82) is 0 Å². The Morgan fingerprint density at radius 1 is 1.20 bits per heavy atom. The lowest BCUT2D eigenvalue weighted by molar-refractivity contribution is 0.0947. The first-order chi connectivity index (χ1) is 9.74. The van der Waals surface area contributed by atoms with Gasteiger partial charge in [0.1, 0.15) is 0 Å². The molecular weight excluding hydrogens is 254 g/mol. The van der Waals surface area contributed by atoms with E-state index in [1.54, 1.807) is 6.07 Å². The van der Waals surface area contributed by atoms with Gasteiger partial charge in [-0.25, -0.2) is 0 Å². The van der Waals surface area contributed by atoms with Crippen molar-refractivity contribution in [3.05, 3.63) is 17.8 Å². The molecule has 1 aliphatic heterocycles. The van der Waals surface area contributed by atoms with Crippen molar-refractivity contribution in [2.45, 2.75) is 20.3 Å². The van der Waals surface area contributed by atoms with E-state index in [9.17, 15) is 4.79 Å². The predicted octanol–water partition coefficient (Wildman–Crippen LogP) is 0.758. The number of nitrogens with one attached hydrogen (secondary N) is 1. The maximum absolute atomic E-state index is 11.7. The number of carbonyl (C=O) groups excluding carboxylic acids is 1. The molecule has 2 heterocycles. The molecule has 1 amide bonds. The van der Waals surface area contributed by atoms with Crippen molar-refractivity contribution >= 4 is 11.7 Å². The van der Waals surface area contributed by atoms with Gasteiger partial charge in [0.15, 0.2) is 11.5 Å². The van der Waals surface area contributed by atoms with Gasteiger partial charge in [-0.2, -0.15) is 0 Å². The molecule has 0 atom stereocenters. The Labute approximate surface area is 120 Å². The van der Waals surface area contributed by atoms with Crippen LogP contribution in [-0.4, -0.2) is 60.3 Å². The number of rotatable bonds is 5. The van der Waals surface area contributed by atoms with E-state index in [1.807, 2.05) is 13.0 Å². The van der Waals surface area contributed by atoms with E-state index >= 15 is 0 Å². The second-order valence-electron chi connectivity index (χ2n) is 4.95. The third-order valence-corrected chi connectivity index (χ3v) is 3.56. The fraction of sp³-hybridized carbons (Fsp3) is 0.643. The number of hydrogen-bond acceptors (Lipinski definition) is 5. The van der Waals surface area contributed by atoms with Crippen molar-refractivity contribution in [2.75, 3.05) is 44.2 Å². The van der Waals surface area contributed by atoms with Gasteiger partial charge in [0.2, 0.25) is 0 Å². The average Bonchev–Trinajstić information content (AvgIpc) is 2.53. The highest BCUT2D eigenvalue weighted by atomic mass is 16.1. The van der Waals surface area contributed by atoms with Crippen LogP contribution in [0.15, 0.2) is 12.1 Å². The lowest BCUT2D eigenvalue weighted by Gasteiger charge is -2.34. The highest BCUT2D eigenvalue weighted by molar-refractivity contribution is 5.92. The number of amides is 1. The molecule has 0 spiro atoms. The molecule has 0 aliphatic carbocycles. The fourth-order valence-electron chi connectivity index (χ4n) is 2.24. The van der Waals surface area contributed by atoms with Crippen LogP contribution in [0.2, 0.25) is 0 Å². The highest BCUT2D eigenvalue weighted by Crippen LogP contribution is 2.12. The van der Waals surface area contributed by atoms with Crippen LogP contribution in [0.25, 0.3) is 0 Å². The molecule has 6 heteroatoms. The summed E-state index contributed by atoms with van der Waals surface area (Å²) < 4.78 is 0. The Morgan fingerprint density at radius 2 is 1.95 bits per heavy atom. The van der Waals surface area contributed by atoms with Gasteiger partial charge in [-0.05, 0) is 25.1 Å². The summed E-state index contributed by atoms with van der Waals surface area (Å²) in [6.45, 7) is 9.99. The summed E-state index contributed by atoms with van der Waals surface area (Å²) >= 11 is 0. The van der Waals surface area contributed by atoms with Crippen LogP contribution < -0.4 is 10.2 Å². The predicted molar refractivity (Wildman–Crippen MR) is 79.0 cm³/mol. The normalized spacial score (nSPS) is 16.2. The van der Waals surface area contributed by atoms with Crippen LogP contribution in [0.1, 0.15) is 30.8 Å². The van der Waals surface area contributed by atoms with Crippen molar-refractivity contribution in [3.8, 4) is 0 Å². The molecule has 0 saturated carbocycles. The first-order valence-electron chi connectivity index (χ1n) is 7.33. The van der Waals surface area contributed by atoms with E-state index < -0.39 is 0 Å². The van der Waals surface area contributed by atoms with Gasteiger partial charge in [0, 0.05) is 32.7 Å². The summed E-state index contributed by atoms with van der Waals surface area (Å²) in [5, 5.41) is 11.0. The molecule has 1 saturated heterocycles. The molecule has 0 radical (unpaired) electrons. The maximum atomic E-state index is 11.7. The van der Waals surface area contributed by atoms with Crippen molar-refractivity contribution in [3.63, 3.8) is 0 Å². The molecule has 0 unspecified atom stereocenters. The number of hydrogen-bond donors (Lipinski definition) is 1. The van der Waals surface area contributed by atoms with Crippen LogP contribution in [0.4, 0.5) is 5.82 Å². The Balaban J connectivity index is 1.93. The summed E-state index contributed by atoms with van der Waals surface area (Å²) in [4.78, 5) is 16.4. The summed E-state index contributed by atoms with van der Waals surface area (Å²) in [5.74, 6) is 0.703. The van der Waals surface area contributed by atoms with Crippen LogP contribution >= 0.6 is 0 Å². The minimum atomic E-state index is -0.151. The Kier molecular flexibility index (Phi) is 5.29. The lowest BCUT2D eigenvalue weighted by atomic mass is 10.3. The zero-order chi connectivity index (χ0) is 14.4. The number of likely N-dealkylation sites (N-methyl/N-ethyl adjacent to an activating group) is 1. The molecule has 1 aromatic heterocycles. The summed E-state index contributed by atoms with van der Waals surface area (Å²) in [5.41, 5.74) is 0.384. The van der Waals surface area contributed by atoms with E-state index in [2.05, 4.69) is 32.2 Å². The summed E-state index contributed by atoms with van der Waals surface area (Å²) in [6, 6.07) is 3.63. The quantitative estimate of drug-likeness (QED) is 0.861. The number of aromatic nitrogens is 2. The van der Waals surface area contributed by atoms with Crippen molar-refractivity contribution in [2.24, 2.45) is 0 Å². The molecule has 1 N–H and O–H groups in total. The standard InChI is InChI=1S/C14H23N5O/c1-3-7-15-14(20)12-5-6-13(17-16-12)19-10-8-18(4-2)9-11-19/h5-6H,3-4,7-11H2,1-2H3,(H,15,20). The molecule has 1 fully saturated rings. The van der Waals surface area contributed by atoms with Gasteiger partial charge in [-0.1, -0.05) is 13.8 Å². The molecular formula is C14H23N5O. The molecule has 20 heavy (non-hydrogen) atoms. The second-order valence-corrected chi connectivity index (χ2v) is 4.95. The molecule has 110 valence electrons. The number of carbonyl (C=O) groups is 1. The Morgan fingerprint density at radius 3 is 2.50 bits per heavy atom. The Bertz CT molecular complexity index is 426. The zero-order valence-electron chi connectivity index (χ0n) is 12.3. The van der Waals surface area contributed by atoms with Gasteiger partial charge in [0.05, 0.1) is 0 Å². The number of anilines is 1. The van der Waals surface area contributed by atoms with Gasteiger partial charge in [-0.15, -0.1) is 10.2 Å². The Hall–Kier alpha value is -1.69. The van der Waals surface area contributed by atoms with E-state index in [4.69, 9.17) is 0 Å². The SMILES string of the molecule is CCCNC(=O)c1ccc(N2CCN(CC)CC2)nn1. The second kappa shape index (κ2) is 7.19. The third kappa shape index (κ3) is 3.66. The van der Waals surface area contributed by atoms with Gasteiger partial charge in [0.25, 0.3) is 5.91 Å². The molecule has 1 aliphatic rings. The molecule has 0 aromatic carbocycles. The summed E-state index contributed by atoms with van der Waals surface area (Å²) in [6.07, 6.45) is 0.916. The van der Waals surface area contributed by atoms with Crippen LogP contribution in [0.3, 0.4) is 0 Å². The molecule has 0 bridgehead atoms. The maximum Gasteiger partial charge on any atom is 0.271 e. The molecule has 6 nitrogen and oxygen atoms in total. The van der Waals surface area contributed by atoms with E-state index in [1.165, 1.54) is 0 Å².